The average Bonchev–Trinajstić information content (AvgIpc) is 3.01. The van der Waals surface area contributed by atoms with Crippen molar-refractivity contribution in [2.45, 2.75) is 23.1 Å². The maximum Gasteiger partial charge on any atom is 0.315 e. The van der Waals surface area contributed by atoms with Crippen LogP contribution in [0.15, 0.2) is 18.2 Å². The number of carbonyl (C=O) groups excluding carboxylic acids is 3. The van der Waals surface area contributed by atoms with Crippen LogP contribution in [-0.2, 0) is 19.7 Å². The van der Waals surface area contributed by atoms with Gasteiger partial charge in [0.15, 0.2) is 5.78 Å². The highest BCUT2D eigenvalue weighted by atomic mass is 79.9. The van der Waals surface area contributed by atoms with Gasteiger partial charge in [-0.1, -0.05) is 15.9 Å². The van der Waals surface area contributed by atoms with E-state index in [0.717, 1.165) is 0 Å². The third-order valence-electron chi connectivity index (χ3n) is 5.38. The van der Waals surface area contributed by atoms with Crippen LogP contribution in [0.5, 0.6) is 5.75 Å². The maximum atomic E-state index is 12.8. The number of ketones is 2. The smallest absolute Gasteiger partial charge is 0.315 e. The molecule has 22 heavy (non-hydrogen) atoms. The molecule has 0 bridgehead atoms. The number of rotatable bonds is 1. The van der Waals surface area contributed by atoms with Gasteiger partial charge in [0.2, 0.25) is 0 Å². The number of Topliss-reactive ketones (excluding diaryl/α,β-unsaturated/α-hetero) is 2. The van der Waals surface area contributed by atoms with Crippen molar-refractivity contribution in [1.29, 1.82) is 0 Å². The Balaban J connectivity index is 2.10. The number of ether oxygens (including phenoxy) is 2. The first kappa shape index (κ1) is 13.9. The largest absolute Gasteiger partial charge is 0.497 e. The third-order valence-corrected chi connectivity index (χ3v) is 6.58. The number of benzene rings is 1. The van der Waals surface area contributed by atoms with Crippen LogP contribution in [0, 0.1) is 5.41 Å². The van der Waals surface area contributed by atoms with Gasteiger partial charge >= 0.3 is 5.97 Å². The summed E-state index contributed by atoms with van der Waals surface area (Å²) in [5, 5.41) is 0. The molecule has 6 heteroatoms. The average molecular weight is 365 g/mol. The number of carbonyl (C=O) groups is 3. The van der Waals surface area contributed by atoms with E-state index in [4.69, 9.17) is 9.47 Å². The quantitative estimate of drug-likeness (QED) is 0.561. The SMILES string of the molecule is COc1ccc2c(c1)[C@@]13COC(=O)[C@@]1(CCC3=O)[C@@H](Br)C2=O. The lowest BCUT2D eigenvalue weighted by molar-refractivity contribution is -0.146. The molecule has 1 saturated carbocycles. The lowest BCUT2D eigenvalue weighted by Gasteiger charge is -2.42. The first-order chi connectivity index (χ1) is 10.5. The molecule has 1 saturated heterocycles. The van der Waals surface area contributed by atoms with Crippen LogP contribution in [0.25, 0.3) is 0 Å². The van der Waals surface area contributed by atoms with Gasteiger partial charge in [0.1, 0.15) is 29.0 Å². The number of hydrogen-bond acceptors (Lipinski definition) is 5. The highest BCUT2D eigenvalue weighted by Crippen LogP contribution is 2.63. The van der Waals surface area contributed by atoms with E-state index in [1.54, 1.807) is 18.2 Å². The van der Waals surface area contributed by atoms with E-state index in [1.165, 1.54) is 7.11 Å². The van der Waals surface area contributed by atoms with Gasteiger partial charge in [-0.3, -0.25) is 14.4 Å². The molecule has 0 radical (unpaired) electrons. The molecule has 1 heterocycles. The molecule has 2 aliphatic carbocycles. The summed E-state index contributed by atoms with van der Waals surface area (Å²) >= 11 is 3.39. The lowest BCUT2D eigenvalue weighted by atomic mass is 9.56. The molecule has 0 amide bonds. The minimum absolute atomic E-state index is 0.000213. The summed E-state index contributed by atoms with van der Waals surface area (Å²) in [6, 6.07) is 5.06. The fourth-order valence-corrected chi connectivity index (χ4v) is 5.32. The van der Waals surface area contributed by atoms with Crippen LogP contribution in [0.2, 0.25) is 0 Å². The van der Waals surface area contributed by atoms with E-state index in [-0.39, 0.29) is 24.6 Å². The Morgan fingerprint density at radius 1 is 1.32 bits per heavy atom. The van der Waals surface area contributed by atoms with Crippen LogP contribution < -0.4 is 4.74 Å². The van der Waals surface area contributed by atoms with Gasteiger partial charge in [-0.15, -0.1) is 0 Å². The number of fused-ring (bicyclic) bond motifs is 1. The van der Waals surface area contributed by atoms with E-state index in [9.17, 15) is 14.4 Å². The van der Waals surface area contributed by atoms with Crippen molar-refractivity contribution in [2.24, 2.45) is 5.41 Å². The molecular formula is C16H13BrO5. The van der Waals surface area contributed by atoms with E-state index >= 15 is 0 Å². The molecule has 1 aromatic rings. The predicted molar refractivity (Wildman–Crippen MR) is 79.4 cm³/mol. The second kappa shape index (κ2) is 4.19. The van der Waals surface area contributed by atoms with Gasteiger partial charge in [-0.25, -0.2) is 0 Å². The molecule has 0 N–H and O–H groups in total. The fourth-order valence-electron chi connectivity index (χ4n) is 4.27. The van der Waals surface area contributed by atoms with E-state index < -0.39 is 21.6 Å². The minimum Gasteiger partial charge on any atom is -0.497 e. The van der Waals surface area contributed by atoms with E-state index in [0.29, 0.717) is 23.3 Å². The first-order valence-corrected chi connectivity index (χ1v) is 7.98. The van der Waals surface area contributed by atoms with Gasteiger partial charge in [0.25, 0.3) is 0 Å². The fraction of sp³-hybridized carbons (Fsp3) is 0.438. The molecule has 2 fully saturated rings. The zero-order valence-corrected chi connectivity index (χ0v) is 13.4. The minimum atomic E-state index is -1.12. The van der Waals surface area contributed by atoms with Gasteiger partial charge in [0, 0.05) is 12.0 Å². The predicted octanol–water partition coefficient (Wildman–Crippen LogP) is 1.80. The summed E-state index contributed by atoms with van der Waals surface area (Å²) in [4.78, 5) is 37.3. The lowest BCUT2D eigenvalue weighted by Crippen LogP contribution is -2.57. The highest BCUT2D eigenvalue weighted by Gasteiger charge is 2.76. The Hall–Kier alpha value is -1.69. The van der Waals surface area contributed by atoms with Crippen molar-refractivity contribution in [2.75, 3.05) is 13.7 Å². The summed E-state index contributed by atoms with van der Waals surface area (Å²) in [5.74, 6) is -0.115. The standard InChI is InChI=1S/C16H13BrO5/c1-21-8-2-3-9-10(6-8)16-7-22-14(20)15(16,5-4-11(16)18)13(17)12(9)19/h2-3,6,13H,4-5,7H2,1H3/t13-,15+,16+/m0/s1. The molecule has 5 nitrogen and oxygen atoms in total. The molecule has 114 valence electrons. The van der Waals surface area contributed by atoms with Crippen LogP contribution in [-0.4, -0.2) is 36.1 Å². The Kier molecular flexibility index (Phi) is 2.65. The van der Waals surface area contributed by atoms with Crippen molar-refractivity contribution in [1.82, 2.24) is 0 Å². The van der Waals surface area contributed by atoms with E-state index in [2.05, 4.69) is 15.9 Å². The molecular weight excluding hydrogens is 352 g/mol. The van der Waals surface area contributed by atoms with Crippen molar-refractivity contribution < 1.29 is 23.9 Å². The Bertz CT molecular complexity index is 742. The number of methoxy groups -OCH3 is 1. The number of hydrogen-bond donors (Lipinski definition) is 0. The van der Waals surface area contributed by atoms with Crippen molar-refractivity contribution >= 4 is 33.5 Å². The number of cyclic esters (lactones) is 1. The molecule has 4 rings (SSSR count). The topological polar surface area (TPSA) is 69.7 Å². The Morgan fingerprint density at radius 2 is 2.09 bits per heavy atom. The number of halogens is 1. The molecule has 1 aliphatic heterocycles. The number of esters is 1. The van der Waals surface area contributed by atoms with E-state index in [1.807, 2.05) is 0 Å². The molecule has 0 spiro atoms. The van der Waals surface area contributed by atoms with Crippen molar-refractivity contribution in [3.05, 3.63) is 29.3 Å². The van der Waals surface area contributed by atoms with Crippen LogP contribution in [0.3, 0.4) is 0 Å². The molecule has 3 aliphatic rings. The van der Waals surface area contributed by atoms with Gasteiger partial charge in [-0.05, 0) is 30.2 Å². The molecule has 1 aromatic carbocycles. The molecule has 0 aromatic heterocycles. The zero-order chi connectivity index (χ0) is 15.7. The molecule has 3 atom stereocenters. The second-order valence-electron chi connectivity index (χ2n) is 6.01. The summed E-state index contributed by atoms with van der Waals surface area (Å²) in [6.07, 6.45) is 0.615. The summed E-state index contributed by atoms with van der Waals surface area (Å²) < 4.78 is 10.5. The second-order valence-corrected chi connectivity index (χ2v) is 6.93. The van der Waals surface area contributed by atoms with Crippen LogP contribution in [0.1, 0.15) is 28.8 Å². The summed E-state index contributed by atoms with van der Waals surface area (Å²) in [6.45, 7) is 0.000213. The van der Waals surface area contributed by atoms with Gasteiger partial charge in [-0.2, -0.15) is 0 Å². The van der Waals surface area contributed by atoms with Crippen LogP contribution >= 0.6 is 15.9 Å². The monoisotopic (exact) mass is 364 g/mol. The molecule has 0 unspecified atom stereocenters. The number of alkyl halides is 1. The summed E-state index contributed by atoms with van der Waals surface area (Å²) in [5.41, 5.74) is -1.16. The third kappa shape index (κ3) is 1.25. The normalized spacial score (nSPS) is 35.7. The van der Waals surface area contributed by atoms with Crippen molar-refractivity contribution in [3.8, 4) is 5.75 Å². The zero-order valence-electron chi connectivity index (χ0n) is 11.8. The summed E-state index contributed by atoms with van der Waals surface area (Å²) in [7, 11) is 1.53. The highest BCUT2D eigenvalue weighted by molar-refractivity contribution is 9.10. The Labute approximate surface area is 135 Å². The maximum absolute atomic E-state index is 12.8. The van der Waals surface area contributed by atoms with Crippen LogP contribution in [0.4, 0.5) is 0 Å². The van der Waals surface area contributed by atoms with Crippen molar-refractivity contribution in [3.63, 3.8) is 0 Å². The Morgan fingerprint density at radius 3 is 2.82 bits per heavy atom. The van der Waals surface area contributed by atoms with Gasteiger partial charge < -0.3 is 9.47 Å². The first-order valence-electron chi connectivity index (χ1n) is 7.06. The van der Waals surface area contributed by atoms with Gasteiger partial charge in [0.05, 0.1) is 11.9 Å².